The van der Waals surface area contributed by atoms with Crippen molar-refractivity contribution in [2.45, 2.75) is 6.92 Å². The van der Waals surface area contributed by atoms with Gasteiger partial charge >= 0.3 is 0 Å². The molecule has 4 heteroatoms. The van der Waals surface area contributed by atoms with E-state index in [1.807, 2.05) is 0 Å². The van der Waals surface area contributed by atoms with Crippen LogP contribution < -0.4 is 4.74 Å². The smallest absolute Gasteiger partial charge is 0.195 e. The number of methoxy groups -OCH3 is 1. The highest BCUT2D eigenvalue weighted by atomic mass is 16.5. The largest absolute Gasteiger partial charge is 0.502 e. The fraction of sp³-hybridized carbons (Fsp3) is 0.250. The number of pyridine rings is 1. The number of nitriles is 1. The molecule has 0 radical (unpaired) electrons. The molecule has 0 aromatic carbocycles. The van der Waals surface area contributed by atoms with Crippen LogP contribution in [0.2, 0.25) is 0 Å². The standard InChI is InChI=1S/C8H8N2O2/c1-5-3-7(12-2)8(11)6(4-9)10-5/h3,11H,1-2H3. The Bertz CT molecular complexity index is 342. The zero-order valence-corrected chi connectivity index (χ0v) is 6.83. The lowest BCUT2D eigenvalue weighted by Crippen LogP contribution is -1.92. The van der Waals surface area contributed by atoms with E-state index in [4.69, 9.17) is 10.00 Å². The molecule has 12 heavy (non-hydrogen) atoms. The molecule has 0 unspecified atom stereocenters. The lowest BCUT2D eigenvalue weighted by atomic mass is 10.3. The molecule has 0 fully saturated rings. The molecule has 62 valence electrons. The fourth-order valence-electron chi connectivity index (χ4n) is 0.870. The van der Waals surface area contributed by atoms with Gasteiger partial charge in [0.2, 0.25) is 0 Å². The van der Waals surface area contributed by atoms with E-state index in [9.17, 15) is 5.11 Å². The maximum Gasteiger partial charge on any atom is 0.195 e. The van der Waals surface area contributed by atoms with Gasteiger partial charge in [-0.15, -0.1) is 0 Å². The molecule has 1 aromatic heterocycles. The molecule has 0 amide bonds. The van der Waals surface area contributed by atoms with E-state index in [0.29, 0.717) is 5.69 Å². The van der Waals surface area contributed by atoms with Crippen molar-refractivity contribution < 1.29 is 9.84 Å². The molecular weight excluding hydrogens is 156 g/mol. The minimum Gasteiger partial charge on any atom is -0.502 e. The SMILES string of the molecule is COc1cc(C)nc(C#N)c1O. The Labute approximate surface area is 70.0 Å². The zero-order valence-electron chi connectivity index (χ0n) is 6.83. The van der Waals surface area contributed by atoms with Crippen molar-refractivity contribution in [2.75, 3.05) is 7.11 Å². The summed E-state index contributed by atoms with van der Waals surface area (Å²) >= 11 is 0. The van der Waals surface area contributed by atoms with Gasteiger partial charge < -0.3 is 9.84 Å². The van der Waals surface area contributed by atoms with Gasteiger partial charge in [0.1, 0.15) is 6.07 Å². The first-order chi connectivity index (χ1) is 5.69. The van der Waals surface area contributed by atoms with Gasteiger partial charge in [0.05, 0.1) is 7.11 Å². The Morgan fingerprint density at radius 1 is 1.67 bits per heavy atom. The molecule has 1 aromatic rings. The van der Waals surface area contributed by atoms with Crippen LogP contribution in [0.3, 0.4) is 0 Å². The Balaban J connectivity index is 3.34. The highest BCUT2D eigenvalue weighted by Gasteiger charge is 2.09. The van der Waals surface area contributed by atoms with Crippen LogP contribution in [-0.2, 0) is 0 Å². The molecule has 4 nitrogen and oxygen atoms in total. The third-order valence-electron chi connectivity index (χ3n) is 1.41. The summed E-state index contributed by atoms with van der Waals surface area (Å²) < 4.78 is 4.83. The van der Waals surface area contributed by atoms with E-state index in [2.05, 4.69) is 4.98 Å². The molecule has 0 saturated carbocycles. The van der Waals surface area contributed by atoms with Crippen molar-refractivity contribution in [3.05, 3.63) is 17.5 Å². The summed E-state index contributed by atoms with van der Waals surface area (Å²) in [6.45, 7) is 1.72. The third-order valence-corrected chi connectivity index (χ3v) is 1.41. The van der Waals surface area contributed by atoms with E-state index in [1.165, 1.54) is 7.11 Å². The van der Waals surface area contributed by atoms with E-state index in [1.54, 1.807) is 19.1 Å². The Kier molecular flexibility index (Phi) is 2.15. The second-order valence-corrected chi connectivity index (χ2v) is 2.27. The molecule has 1 rings (SSSR count). The highest BCUT2D eigenvalue weighted by molar-refractivity contribution is 5.48. The molecule has 0 saturated heterocycles. The maximum atomic E-state index is 9.30. The van der Waals surface area contributed by atoms with Gasteiger partial charge in [-0.3, -0.25) is 0 Å². The summed E-state index contributed by atoms with van der Waals surface area (Å²) in [5.41, 5.74) is 0.632. The predicted octanol–water partition coefficient (Wildman–Crippen LogP) is 0.976. The maximum absolute atomic E-state index is 9.30. The Hall–Kier alpha value is -1.76. The fourth-order valence-corrected chi connectivity index (χ4v) is 0.870. The number of hydrogen-bond acceptors (Lipinski definition) is 4. The van der Waals surface area contributed by atoms with Crippen LogP contribution in [0.4, 0.5) is 0 Å². The van der Waals surface area contributed by atoms with Crippen LogP contribution in [0.5, 0.6) is 11.5 Å². The number of aromatic hydroxyl groups is 1. The Morgan fingerprint density at radius 2 is 2.33 bits per heavy atom. The Morgan fingerprint density at radius 3 is 2.83 bits per heavy atom. The first-order valence-corrected chi connectivity index (χ1v) is 3.33. The quantitative estimate of drug-likeness (QED) is 0.671. The summed E-state index contributed by atoms with van der Waals surface area (Å²) in [5, 5.41) is 17.8. The van der Waals surface area contributed by atoms with Crippen LogP contribution in [0, 0.1) is 18.3 Å². The van der Waals surface area contributed by atoms with Gasteiger partial charge in [0, 0.05) is 11.8 Å². The minimum atomic E-state index is -0.203. The summed E-state index contributed by atoms with van der Waals surface area (Å²) in [4.78, 5) is 3.81. The van der Waals surface area contributed by atoms with E-state index < -0.39 is 0 Å². The van der Waals surface area contributed by atoms with Crippen LogP contribution >= 0.6 is 0 Å². The predicted molar refractivity (Wildman–Crippen MR) is 41.9 cm³/mol. The van der Waals surface area contributed by atoms with Gasteiger partial charge in [0.15, 0.2) is 17.2 Å². The lowest BCUT2D eigenvalue weighted by molar-refractivity contribution is 0.370. The molecule has 1 heterocycles. The van der Waals surface area contributed by atoms with E-state index in [-0.39, 0.29) is 17.2 Å². The topological polar surface area (TPSA) is 66.1 Å². The van der Waals surface area contributed by atoms with E-state index in [0.717, 1.165) is 0 Å². The molecule has 0 atom stereocenters. The second kappa shape index (κ2) is 3.09. The van der Waals surface area contributed by atoms with Crippen molar-refractivity contribution in [3.63, 3.8) is 0 Å². The number of rotatable bonds is 1. The molecule has 0 aliphatic rings. The number of hydrogen-bond donors (Lipinski definition) is 1. The summed E-state index contributed by atoms with van der Waals surface area (Å²) in [5.74, 6) is 0.0738. The third kappa shape index (κ3) is 1.30. The average Bonchev–Trinajstić information content (AvgIpc) is 2.08. The molecule has 0 aliphatic heterocycles. The van der Waals surface area contributed by atoms with Gasteiger partial charge in [-0.05, 0) is 6.92 Å². The number of aryl methyl sites for hydroxylation is 1. The monoisotopic (exact) mass is 164 g/mol. The van der Waals surface area contributed by atoms with Gasteiger partial charge in [-0.25, -0.2) is 4.98 Å². The van der Waals surface area contributed by atoms with Crippen LogP contribution in [0.25, 0.3) is 0 Å². The van der Waals surface area contributed by atoms with Gasteiger partial charge in [-0.1, -0.05) is 0 Å². The zero-order chi connectivity index (χ0) is 9.14. The molecule has 0 spiro atoms. The van der Waals surface area contributed by atoms with Gasteiger partial charge in [0.25, 0.3) is 0 Å². The summed E-state index contributed by atoms with van der Waals surface area (Å²) in [6.07, 6.45) is 0. The molecule has 0 aliphatic carbocycles. The van der Waals surface area contributed by atoms with Crippen LogP contribution in [0.15, 0.2) is 6.07 Å². The number of aromatic nitrogens is 1. The van der Waals surface area contributed by atoms with Crippen molar-refractivity contribution in [1.29, 1.82) is 5.26 Å². The van der Waals surface area contributed by atoms with Crippen LogP contribution in [0.1, 0.15) is 11.4 Å². The van der Waals surface area contributed by atoms with Gasteiger partial charge in [-0.2, -0.15) is 5.26 Å². The van der Waals surface area contributed by atoms with Crippen molar-refractivity contribution in [2.24, 2.45) is 0 Å². The summed E-state index contributed by atoms with van der Waals surface area (Å²) in [6, 6.07) is 3.34. The van der Waals surface area contributed by atoms with Crippen molar-refractivity contribution in [1.82, 2.24) is 4.98 Å². The van der Waals surface area contributed by atoms with E-state index >= 15 is 0 Å². The number of ether oxygens (including phenoxy) is 1. The molecule has 0 bridgehead atoms. The normalized spacial score (nSPS) is 9.08. The second-order valence-electron chi connectivity index (χ2n) is 2.27. The summed E-state index contributed by atoms with van der Waals surface area (Å²) in [7, 11) is 1.43. The lowest BCUT2D eigenvalue weighted by Gasteiger charge is -2.04. The first-order valence-electron chi connectivity index (χ1n) is 3.33. The average molecular weight is 164 g/mol. The first kappa shape index (κ1) is 8.34. The minimum absolute atomic E-state index is 0.00755. The molecular formula is C8H8N2O2. The molecule has 1 N–H and O–H groups in total. The van der Waals surface area contributed by atoms with Crippen LogP contribution in [-0.4, -0.2) is 17.2 Å². The van der Waals surface area contributed by atoms with Crippen molar-refractivity contribution in [3.8, 4) is 17.6 Å². The highest BCUT2D eigenvalue weighted by Crippen LogP contribution is 2.28. The number of nitrogens with zero attached hydrogens (tertiary/aromatic N) is 2. The van der Waals surface area contributed by atoms with Crippen molar-refractivity contribution >= 4 is 0 Å².